The number of hydrogen-bond donors (Lipinski definition) is 1. The highest BCUT2D eigenvalue weighted by Gasteiger charge is 2.13. The van der Waals surface area contributed by atoms with Crippen LogP contribution in [0, 0.1) is 0 Å². The molecule has 25 heavy (non-hydrogen) atoms. The Kier molecular flexibility index (Phi) is 6.57. The van der Waals surface area contributed by atoms with Crippen LogP contribution in [0.5, 0.6) is 5.75 Å². The van der Waals surface area contributed by atoms with Crippen LogP contribution in [-0.4, -0.2) is 25.5 Å². The number of nitrogens with zero attached hydrogens (tertiary/aromatic N) is 1. The third-order valence-electron chi connectivity index (χ3n) is 3.85. The standard InChI is InChI=1S/C20H24N2O3/c1-4-5-13-25-19-12-7-6-11-18(19)20(24)21-16-9-8-10-17(14-16)22(3)15(2)23/h6-12,14H,4-5,13H2,1-3H3,(H,21,24). The molecule has 0 heterocycles. The van der Waals surface area contributed by atoms with E-state index < -0.39 is 0 Å². The number of carbonyl (C=O) groups is 2. The summed E-state index contributed by atoms with van der Waals surface area (Å²) in [6, 6.07) is 14.4. The number of benzene rings is 2. The lowest BCUT2D eigenvalue weighted by Gasteiger charge is -2.16. The van der Waals surface area contributed by atoms with Crippen LogP contribution in [0.3, 0.4) is 0 Å². The predicted octanol–water partition coefficient (Wildman–Crippen LogP) is 4.10. The molecule has 5 nitrogen and oxygen atoms in total. The summed E-state index contributed by atoms with van der Waals surface area (Å²) in [6.45, 7) is 4.17. The van der Waals surface area contributed by atoms with E-state index in [0.29, 0.717) is 23.6 Å². The van der Waals surface area contributed by atoms with Crippen LogP contribution in [0.4, 0.5) is 11.4 Å². The number of anilines is 2. The number of ether oxygens (including phenoxy) is 1. The summed E-state index contributed by atoms with van der Waals surface area (Å²) in [5.74, 6) is 0.262. The van der Waals surface area contributed by atoms with Gasteiger partial charge in [0, 0.05) is 25.3 Å². The molecule has 0 saturated heterocycles. The third kappa shape index (κ3) is 5.08. The summed E-state index contributed by atoms with van der Waals surface area (Å²) >= 11 is 0. The maximum absolute atomic E-state index is 12.6. The number of unbranched alkanes of at least 4 members (excludes halogenated alkanes) is 1. The van der Waals surface area contributed by atoms with Crippen molar-refractivity contribution in [3.63, 3.8) is 0 Å². The second-order valence-corrected chi connectivity index (χ2v) is 5.78. The number of amides is 2. The van der Waals surface area contributed by atoms with Gasteiger partial charge >= 0.3 is 0 Å². The minimum absolute atomic E-state index is 0.0712. The van der Waals surface area contributed by atoms with E-state index >= 15 is 0 Å². The van der Waals surface area contributed by atoms with Crippen molar-refractivity contribution in [2.24, 2.45) is 0 Å². The monoisotopic (exact) mass is 340 g/mol. The molecular weight excluding hydrogens is 316 g/mol. The first kappa shape index (κ1) is 18.5. The number of hydrogen-bond acceptors (Lipinski definition) is 3. The van der Waals surface area contributed by atoms with E-state index in [1.807, 2.05) is 18.2 Å². The van der Waals surface area contributed by atoms with E-state index in [-0.39, 0.29) is 11.8 Å². The molecule has 0 aliphatic heterocycles. The van der Waals surface area contributed by atoms with E-state index in [2.05, 4.69) is 12.2 Å². The average molecular weight is 340 g/mol. The molecule has 2 amide bonds. The first-order valence-corrected chi connectivity index (χ1v) is 8.40. The molecule has 2 rings (SSSR count). The molecule has 132 valence electrons. The molecule has 0 radical (unpaired) electrons. The maximum Gasteiger partial charge on any atom is 0.259 e. The minimum atomic E-state index is -0.241. The van der Waals surface area contributed by atoms with Crippen LogP contribution < -0.4 is 15.0 Å². The Morgan fingerprint density at radius 3 is 2.60 bits per heavy atom. The first-order valence-electron chi connectivity index (χ1n) is 8.40. The molecule has 0 aliphatic carbocycles. The molecule has 0 aliphatic rings. The lowest BCUT2D eigenvalue weighted by atomic mass is 10.1. The van der Waals surface area contributed by atoms with Gasteiger partial charge in [-0.1, -0.05) is 31.5 Å². The fraction of sp³-hybridized carbons (Fsp3) is 0.300. The largest absolute Gasteiger partial charge is 0.493 e. The minimum Gasteiger partial charge on any atom is -0.493 e. The van der Waals surface area contributed by atoms with Crippen molar-refractivity contribution in [3.05, 3.63) is 54.1 Å². The Bertz CT molecular complexity index is 743. The lowest BCUT2D eigenvalue weighted by Crippen LogP contribution is -2.23. The SMILES string of the molecule is CCCCOc1ccccc1C(=O)Nc1cccc(N(C)C(C)=O)c1. The highest BCUT2D eigenvalue weighted by atomic mass is 16.5. The third-order valence-corrected chi connectivity index (χ3v) is 3.85. The van der Waals surface area contributed by atoms with Crippen molar-refractivity contribution in [2.45, 2.75) is 26.7 Å². The first-order chi connectivity index (χ1) is 12.0. The zero-order chi connectivity index (χ0) is 18.2. The molecular formula is C20H24N2O3. The zero-order valence-electron chi connectivity index (χ0n) is 14.9. The predicted molar refractivity (Wildman–Crippen MR) is 100 cm³/mol. The number of rotatable bonds is 7. The molecule has 0 unspecified atom stereocenters. The van der Waals surface area contributed by atoms with E-state index in [9.17, 15) is 9.59 Å². The van der Waals surface area contributed by atoms with E-state index in [1.54, 1.807) is 37.4 Å². The molecule has 2 aromatic rings. The van der Waals surface area contributed by atoms with Crippen LogP contribution in [0.1, 0.15) is 37.0 Å². The van der Waals surface area contributed by atoms with Gasteiger partial charge in [-0.15, -0.1) is 0 Å². The van der Waals surface area contributed by atoms with Crippen LogP contribution >= 0.6 is 0 Å². The van der Waals surface area contributed by atoms with E-state index in [4.69, 9.17) is 4.74 Å². The Balaban J connectivity index is 2.15. The van der Waals surface area contributed by atoms with Gasteiger partial charge in [0.1, 0.15) is 5.75 Å². The van der Waals surface area contributed by atoms with Gasteiger partial charge in [-0.3, -0.25) is 9.59 Å². The van der Waals surface area contributed by atoms with Gasteiger partial charge in [-0.2, -0.15) is 0 Å². The van der Waals surface area contributed by atoms with E-state index in [1.165, 1.54) is 11.8 Å². The Labute approximate surface area is 148 Å². The summed E-state index contributed by atoms with van der Waals surface area (Å²) in [5.41, 5.74) is 1.83. The van der Waals surface area contributed by atoms with Gasteiger partial charge in [0.2, 0.25) is 5.91 Å². The van der Waals surface area contributed by atoms with Crippen molar-refractivity contribution >= 4 is 23.2 Å². The second kappa shape index (κ2) is 8.87. The van der Waals surface area contributed by atoms with Crippen molar-refractivity contribution < 1.29 is 14.3 Å². The number of nitrogens with one attached hydrogen (secondary N) is 1. The highest BCUT2D eigenvalue weighted by Crippen LogP contribution is 2.22. The zero-order valence-corrected chi connectivity index (χ0v) is 14.9. The van der Waals surface area contributed by atoms with Crippen molar-refractivity contribution in [2.75, 3.05) is 23.9 Å². The number of carbonyl (C=O) groups excluding carboxylic acids is 2. The highest BCUT2D eigenvalue weighted by molar-refractivity contribution is 6.06. The second-order valence-electron chi connectivity index (χ2n) is 5.78. The van der Waals surface area contributed by atoms with Gasteiger partial charge in [0.15, 0.2) is 0 Å². The molecule has 0 spiro atoms. The average Bonchev–Trinajstić information content (AvgIpc) is 2.61. The van der Waals surface area contributed by atoms with Gasteiger partial charge in [0.05, 0.1) is 12.2 Å². The summed E-state index contributed by atoms with van der Waals surface area (Å²) in [6.07, 6.45) is 1.97. The molecule has 0 bridgehead atoms. The summed E-state index contributed by atoms with van der Waals surface area (Å²) in [5, 5.41) is 2.87. The molecule has 1 N–H and O–H groups in total. The molecule has 0 atom stereocenters. The lowest BCUT2D eigenvalue weighted by molar-refractivity contribution is -0.116. The Hall–Kier alpha value is -2.82. The number of para-hydroxylation sites is 1. The van der Waals surface area contributed by atoms with Crippen LogP contribution in [-0.2, 0) is 4.79 Å². The summed E-state index contributed by atoms with van der Waals surface area (Å²) < 4.78 is 5.72. The topological polar surface area (TPSA) is 58.6 Å². The molecule has 0 aromatic heterocycles. The molecule has 0 saturated carbocycles. The molecule has 0 fully saturated rings. The Morgan fingerprint density at radius 2 is 1.88 bits per heavy atom. The quantitative estimate of drug-likeness (QED) is 0.772. The summed E-state index contributed by atoms with van der Waals surface area (Å²) in [7, 11) is 1.69. The van der Waals surface area contributed by atoms with Gasteiger partial charge in [-0.25, -0.2) is 0 Å². The van der Waals surface area contributed by atoms with Crippen LogP contribution in [0.25, 0.3) is 0 Å². The van der Waals surface area contributed by atoms with Gasteiger partial charge < -0.3 is 15.0 Å². The molecule has 5 heteroatoms. The normalized spacial score (nSPS) is 10.2. The van der Waals surface area contributed by atoms with E-state index in [0.717, 1.165) is 18.5 Å². The molecule has 2 aromatic carbocycles. The fourth-order valence-corrected chi connectivity index (χ4v) is 2.28. The fourth-order valence-electron chi connectivity index (χ4n) is 2.28. The van der Waals surface area contributed by atoms with Gasteiger partial charge in [-0.05, 0) is 36.8 Å². The Morgan fingerprint density at radius 1 is 1.12 bits per heavy atom. The van der Waals surface area contributed by atoms with Crippen LogP contribution in [0.2, 0.25) is 0 Å². The summed E-state index contributed by atoms with van der Waals surface area (Å²) in [4.78, 5) is 25.6. The maximum atomic E-state index is 12.6. The van der Waals surface area contributed by atoms with Crippen molar-refractivity contribution in [1.29, 1.82) is 0 Å². The van der Waals surface area contributed by atoms with Crippen molar-refractivity contribution in [3.8, 4) is 5.75 Å². The van der Waals surface area contributed by atoms with Crippen LogP contribution in [0.15, 0.2) is 48.5 Å². The van der Waals surface area contributed by atoms with Crippen molar-refractivity contribution in [1.82, 2.24) is 0 Å². The van der Waals surface area contributed by atoms with Gasteiger partial charge in [0.25, 0.3) is 5.91 Å². The smallest absolute Gasteiger partial charge is 0.259 e.